The van der Waals surface area contributed by atoms with Crippen LogP contribution in [-0.4, -0.2) is 23.5 Å². The van der Waals surface area contributed by atoms with Crippen molar-refractivity contribution in [2.45, 2.75) is 26.2 Å². The third-order valence-electron chi connectivity index (χ3n) is 3.05. The summed E-state index contributed by atoms with van der Waals surface area (Å²) in [6.45, 7) is 1.90. The van der Waals surface area contributed by atoms with Gasteiger partial charge in [-0.2, -0.15) is 0 Å². The third kappa shape index (κ3) is 2.66. The van der Waals surface area contributed by atoms with E-state index in [1.54, 1.807) is 11.3 Å². The Morgan fingerprint density at radius 1 is 1.59 bits per heavy atom. The lowest BCUT2D eigenvalue weighted by Gasteiger charge is -2.18. The van der Waals surface area contributed by atoms with Gasteiger partial charge in [-0.05, 0) is 30.7 Å². The zero-order chi connectivity index (χ0) is 12.4. The minimum Gasteiger partial charge on any atom is -0.480 e. The average Bonchev–Trinajstić information content (AvgIpc) is 2.68. The van der Waals surface area contributed by atoms with Crippen molar-refractivity contribution in [3.63, 3.8) is 0 Å². The molecule has 0 bridgehead atoms. The molecule has 17 heavy (non-hydrogen) atoms. The van der Waals surface area contributed by atoms with Gasteiger partial charge in [0.15, 0.2) is 0 Å². The van der Waals surface area contributed by atoms with Crippen LogP contribution in [0, 0.1) is 5.92 Å². The van der Waals surface area contributed by atoms with Gasteiger partial charge in [-0.1, -0.05) is 6.92 Å². The monoisotopic (exact) mass is 253 g/mol. The maximum absolute atomic E-state index is 11.8. The normalized spacial score (nSPS) is 18.5. The first kappa shape index (κ1) is 12.1. The molecule has 1 amide bonds. The molecule has 0 aromatic carbocycles. The van der Waals surface area contributed by atoms with Crippen LogP contribution in [0.3, 0.4) is 0 Å². The molecule has 92 valence electrons. The van der Waals surface area contributed by atoms with Gasteiger partial charge in [0, 0.05) is 10.3 Å². The van der Waals surface area contributed by atoms with Crippen molar-refractivity contribution in [3.8, 4) is 0 Å². The van der Waals surface area contributed by atoms with E-state index in [0.29, 0.717) is 11.5 Å². The smallest absolute Gasteiger partial charge is 0.322 e. The molecule has 4 nitrogen and oxygen atoms in total. The fourth-order valence-electron chi connectivity index (χ4n) is 2.12. The summed E-state index contributed by atoms with van der Waals surface area (Å²) >= 11 is 1.61. The zero-order valence-electron chi connectivity index (χ0n) is 9.66. The van der Waals surface area contributed by atoms with Crippen LogP contribution in [-0.2, 0) is 17.6 Å². The van der Waals surface area contributed by atoms with Crippen LogP contribution in [0.4, 0.5) is 0 Å². The number of nitrogens with one attached hydrogen (secondary N) is 1. The SMILES string of the molecule is CC1CCc2c(C(=O)NCC(=O)O)csc2C1. The quantitative estimate of drug-likeness (QED) is 0.861. The van der Waals surface area contributed by atoms with Gasteiger partial charge < -0.3 is 10.4 Å². The predicted octanol–water partition coefficient (Wildman–Crippen LogP) is 1.69. The fraction of sp³-hybridized carbons (Fsp3) is 0.500. The van der Waals surface area contributed by atoms with Gasteiger partial charge in [0.25, 0.3) is 5.91 Å². The number of amides is 1. The maximum atomic E-state index is 11.8. The lowest BCUT2D eigenvalue weighted by atomic mass is 9.88. The Morgan fingerprint density at radius 2 is 2.35 bits per heavy atom. The van der Waals surface area contributed by atoms with E-state index in [4.69, 9.17) is 5.11 Å². The Hall–Kier alpha value is -1.36. The van der Waals surface area contributed by atoms with Crippen LogP contribution in [0.2, 0.25) is 0 Å². The van der Waals surface area contributed by atoms with Crippen LogP contribution < -0.4 is 5.32 Å². The number of carbonyl (C=O) groups is 2. The molecule has 1 aromatic rings. The highest BCUT2D eigenvalue weighted by molar-refractivity contribution is 7.10. The lowest BCUT2D eigenvalue weighted by Crippen LogP contribution is -2.29. The standard InChI is InChI=1S/C12H15NO3S/c1-7-2-3-8-9(6-17-10(8)4-7)12(16)13-5-11(14)15/h6-7H,2-5H2,1H3,(H,13,16)(H,14,15). The molecule has 1 unspecified atom stereocenters. The molecule has 1 aliphatic carbocycles. The maximum Gasteiger partial charge on any atom is 0.322 e. The van der Waals surface area contributed by atoms with Crippen LogP contribution in [0.25, 0.3) is 0 Å². The first-order valence-electron chi connectivity index (χ1n) is 5.67. The van der Waals surface area contributed by atoms with Gasteiger partial charge in [-0.25, -0.2) is 0 Å². The van der Waals surface area contributed by atoms with Crippen molar-refractivity contribution in [2.24, 2.45) is 5.92 Å². The fourth-order valence-corrected chi connectivity index (χ4v) is 3.36. The molecule has 0 spiro atoms. The van der Waals surface area contributed by atoms with E-state index in [1.807, 2.05) is 5.38 Å². The molecule has 5 heteroatoms. The predicted molar refractivity (Wildman–Crippen MR) is 65.5 cm³/mol. The largest absolute Gasteiger partial charge is 0.480 e. The number of aliphatic carboxylic acids is 1. The highest BCUT2D eigenvalue weighted by Crippen LogP contribution is 2.32. The van der Waals surface area contributed by atoms with Crippen molar-refractivity contribution in [2.75, 3.05) is 6.54 Å². The Labute approximate surface area is 104 Å². The highest BCUT2D eigenvalue weighted by atomic mass is 32.1. The first-order valence-corrected chi connectivity index (χ1v) is 6.55. The lowest BCUT2D eigenvalue weighted by molar-refractivity contribution is -0.135. The number of hydrogen-bond acceptors (Lipinski definition) is 3. The number of carbonyl (C=O) groups excluding carboxylic acids is 1. The number of carboxylic acids is 1. The van der Waals surface area contributed by atoms with Gasteiger partial charge in [-0.3, -0.25) is 9.59 Å². The molecule has 1 aliphatic rings. The molecule has 0 saturated heterocycles. The molecule has 1 atom stereocenters. The molecule has 2 rings (SSSR count). The average molecular weight is 253 g/mol. The second kappa shape index (κ2) is 4.87. The summed E-state index contributed by atoms with van der Waals surface area (Å²) < 4.78 is 0. The van der Waals surface area contributed by atoms with Crippen LogP contribution in [0.15, 0.2) is 5.38 Å². The molecule has 1 aromatic heterocycles. The number of carboxylic acid groups (broad SMARTS) is 1. The Balaban J connectivity index is 2.12. The molecule has 0 saturated carbocycles. The topological polar surface area (TPSA) is 66.4 Å². The van der Waals surface area contributed by atoms with Crippen molar-refractivity contribution in [1.82, 2.24) is 5.32 Å². The summed E-state index contributed by atoms with van der Waals surface area (Å²) in [5.41, 5.74) is 1.79. The van der Waals surface area contributed by atoms with E-state index in [-0.39, 0.29) is 12.5 Å². The van der Waals surface area contributed by atoms with Crippen LogP contribution in [0.1, 0.15) is 34.1 Å². The van der Waals surface area contributed by atoms with E-state index in [9.17, 15) is 9.59 Å². The van der Waals surface area contributed by atoms with Gasteiger partial charge >= 0.3 is 5.97 Å². The summed E-state index contributed by atoms with van der Waals surface area (Å²) in [7, 11) is 0. The Morgan fingerprint density at radius 3 is 3.06 bits per heavy atom. The summed E-state index contributed by atoms with van der Waals surface area (Å²) in [5.74, 6) is -0.605. The summed E-state index contributed by atoms with van der Waals surface area (Å²) in [6.07, 6.45) is 3.06. The van der Waals surface area contributed by atoms with E-state index in [2.05, 4.69) is 12.2 Å². The Kier molecular flexibility index (Phi) is 3.47. The second-order valence-corrected chi connectivity index (χ2v) is 5.44. The number of rotatable bonds is 3. The van der Waals surface area contributed by atoms with E-state index in [1.165, 1.54) is 4.88 Å². The van der Waals surface area contributed by atoms with E-state index in [0.717, 1.165) is 24.8 Å². The number of fused-ring (bicyclic) bond motifs is 1. The minimum absolute atomic E-state index is 0.264. The van der Waals surface area contributed by atoms with E-state index >= 15 is 0 Å². The van der Waals surface area contributed by atoms with Crippen LogP contribution in [0.5, 0.6) is 0 Å². The van der Waals surface area contributed by atoms with Crippen molar-refractivity contribution >= 4 is 23.2 Å². The van der Waals surface area contributed by atoms with Gasteiger partial charge in [0.1, 0.15) is 6.54 Å². The van der Waals surface area contributed by atoms with Crippen molar-refractivity contribution in [1.29, 1.82) is 0 Å². The molecular weight excluding hydrogens is 238 g/mol. The zero-order valence-corrected chi connectivity index (χ0v) is 10.5. The summed E-state index contributed by atoms with van der Waals surface area (Å²) in [6, 6.07) is 0. The number of hydrogen-bond donors (Lipinski definition) is 2. The Bertz CT molecular complexity index is 453. The first-order chi connectivity index (χ1) is 8.08. The minimum atomic E-state index is -1.02. The van der Waals surface area contributed by atoms with Crippen molar-refractivity contribution < 1.29 is 14.7 Å². The summed E-state index contributed by atoms with van der Waals surface area (Å²) in [4.78, 5) is 23.5. The molecule has 2 N–H and O–H groups in total. The van der Waals surface area contributed by atoms with Crippen LogP contribution >= 0.6 is 11.3 Å². The molecule has 0 aliphatic heterocycles. The van der Waals surface area contributed by atoms with Gasteiger partial charge in [0.2, 0.25) is 0 Å². The highest BCUT2D eigenvalue weighted by Gasteiger charge is 2.23. The molecule has 0 radical (unpaired) electrons. The van der Waals surface area contributed by atoms with Crippen molar-refractivity contribution in [3.05, 3.63) is 21.4 Å². The molecule has 0 fully saturated rings. The third-order valence-corrected chi connectivity index (χ3v) is 4.10. The summed E-state index contributed by atoms with van der Waals surface area (Å²) in [5, 5.41) is 12.8. The van der Waals surface area contributed by atoms with E-state index < -0.39 is 5.97 Å². The molecular formula is C12H15NO3S. The van der Waals surface area contributed by atoms with Gasteiger partial charge in [-0.15, -0.1) is 11.3 Å². The van der Waals surface area contributed by atoms with Gasteiger partial charge in [0.05, 0.1) is 5.56 Å². The second-order valence-electron chi connectivity index (χ2n) is 4.48. The number of thiophene rings is 1. The molecule has 1 heterocycles.